The molecule has 0 atom stereocenters. The zero-order valence-corrected chi connectivity index (χ0v) is 13.4. The molecule has 5 heteroatoms. The predicted octanol–water partition coefficient (Wildman–Crippen LogP) is 2.44. The number of nitrogens with one attached hydrogen (secondary N) is 1. The van der Waals surface area contributed by atoms with E-state index in [1.54, 1.807) is 17.9 Å². The Morgan fingerprint density at radius 3 is 2.82 bits per heavy atom. The van der Waals surface area contributed by atoms with E-state index in [1.165, 1.54) is 0 Å². The molecule has 1 aromatic carbocycles. The van der Waals surface area contributed by atoms with Crippen LogP contribution in [-0.4, -0.2) is 23.4 Å². The number of hydrogen-bond donors (Lipinski definition) is 1. The third kappa shape index (κ3) is 3.74. The van der Waals surface area contributed by atoms with Crippen LogP contribution in [0.25, 0.3) is 5.69 Å². The lowest BCUT2D eigenvalue weighted by Crippen LogP contribution is -2.25. The Kier molecular flexibility index (Phi) is 5.72. The average molecular weight is 301 g/mol. The molecule has 0 bridgehead atoms. The van der Waals surface area contributed by atoms with E-state index in [4.69, 9.17) is 4.74 Å². The minimum Gasteiger partial charge on any atom is -0.494 e. The van der Waals surface area contributed by atoms with Crippen LogP contribution < -0.4 is 15.5 Å². The van der Waals surface area contributed by atoms with E-state index >= 15 is 0 Å². The number of hydrogen-bond acceptors (Lipinski definition) is 4. The van der Waals surface area contributed by atoms with Gasteiger partial charge < -0.3 is 10.1 Å². The fourth-order valence-electron chi connectivity index (χ4n) is 2.26. The highest BCUT2D eigenvalue weighted by Gasteiger charge is 2.10. The quantitative estimate of drug-likeness (QED) is 0.798. The van der Waals surface area contributed by atoms with Crippen LogP contribution in [0.1, 0.15) is 31.2 Å². The second kappa shape index (κ2) is 7.75. The van der Waals surface area contributed by atoms with Crippen LogP contribution in [-0.2, 0) is 6.54 Å². The Balaban J connectivity index is 2.34. The van der Waals surface area contributed by atoms with E-state index in [0.717, 1.165) is 36.5 Å². The summed E-state index contributed by atoms with van der Waals surface area (Å²) in [5, 5.41) is 7.77. The molecule has 5 nitrogen and oxygen atoms in total. The summed E-state index contributed by atoms with van der Waals surface area (Å²) in [5.41, 5.74) is 2.10. The van der Waals surface area contributed by atoms with Gasteiger partial charge >= 0.3 is 0 Å². The topological polar surface area (TPSA) is 56.1 Å². The lowest BCUT2D eigenvalue weighted by Gasteiger charge is -2.14. The van der Waals surface area contributed by atoms with Crippen molar-refractivity contribution >= 4 is 0 Å². The molecule has 0 aliphatic rings. The van der Waals surface area contributed by atoms with Crippen molar-refractivity contribution in [3.8, 4) is 11.4 Å². The van der Waals surface area contributed by atoms with Gasteiger partial charge in [0, 0.05) is 18.3 Å². The highest BCUT2D eigenvalue weighted by atomic mass is 16.5. The molecule has 118 valence electrons. The number of benzene rings is 1. The molecule has 0 saturated carbocycles. The van der Waals surface area contributed by atoms with Gasteiger partial charge in [0.15, 0.2) is 0 Å². The largest absolute Gasteiger partial charge is 0.494 e. The standard InChI is InChI=1S/C17H23N3O2/c1-4-5-10-18-12-14-16(21)11-13(2)20(19-14)15-8-6-7-9-17(15)22-3/h6-9,11,18H,4-5,10,12H2,1-3H3. The molecule has 1 N–H and O–H groups in total. The van der Waals surface area contributed by atoms with Crippen LogP contribution >= 0.6 is 0 Å². The van der Waals surface area contributed by atoms with E-state index in [1.807, 2.05) is 31.2 Å². The molecule has 0 aliphatic carbocycles. The number of aromatic nitrogens is 2. The van der Waals surface area contributed by atoms with Gasteiger partial charge in [0.05, 0.1) is 7.11 Å². The van der Waals surface area contributed by atoms with Crippen molar-refractivity contribution in [2.75, 3.05) is 13.7 Å². The first-order valence-electron chi connectivity index (χ1n) is 7.61. The first-order chi connectivity index (χ1) is 10.7. The monoisotopic (exact) mass is 301 g/mol. The van der Waals surface area contributed by atoms with Gasteiger partial charge in [0.1, 0.15) is 17.1 Å². The van der Waals surface area contributed by atoms with Gasteiger partial charge in [0.2, 0.25) is 5.43 Å². The summed E-state index contributed by atoms with van der Waals surface area (Å²) >= 11 is 0. The van der Waals surface area contributed by atoms with E-state index in [9.17, 15) is 4.79 Å². The lowest BCUT2D eigenvalue weighted by molar-refractivity contribution is 0.411. The van der Waals surface area contributed by atoms with Crippen LogP contribution in [0.15, 0.2) is 35.1 Å². The first-order valence-corrected chi connectivity index (χ1v) is 7.61. The molecule has 0 amide bonds. The molecule has 0 radical (unpaired) electrons. The highest BCUT2D eigenvalue weighted by Crippen LogP contribution is 2.21. The van der Waals surface area contributed by atoms with Gasteiger partial charge in [-0.25, -0.2) is 4.68 Å². The van der Waals surface area contributed by atoms with Crippen molar-refractivity contribution in [2.24, 2.45) is 0 Å². The minimum absolute atomic E-state index is 0.0346. The van der Waals surface area contributed by atoms with Crippen molar-refractivity contribution in [3.05, 3.63) is 51.9 Å². The first kappa shape index (κ1) is 16.2. The summed E-state index contributed by atoms with van der Waals surface area (Å²) < 4.78 is 7.14. The van der Waals surface area contributed by atoms with Crippen LogP contribution in [0, 0.1) is 6.92 Å². The van der Waals surface area contributed by atoms with Gasteiger partial charge in [-0.3, -0.25) is 4.79 Å². The Morgan fingerprint density at radius 2 is 2.09 bits per heavy atom. The van der Waals surface area contributed by atoms with E-state index in [2.05, 4.69) is 17.3 Å². The summed E-state index contributed by atoms with van der Waals surface area (Å²) in [4.78, 5) is 12.1. The third-order valence-electron chi connectivity index (χ3n) is 3.49. The number of aryl methyl sites for hydroxylation is 1. The Bertz CT molecular complexity index is 680. The Morgan fingerprint density at radius 1 is 1.32 bits per heavy atom. The molecule has 0 saturated heterocycles. The van der Waals surface area contributed by atoms with Crippen molar-refractivity contribution < 1.29 is 4.74 Å². The van der Waals surface area contributed by atoms with Crippen molar-refractivity contribution in [2.45, 2.75) is 33.2 Å². The zero-order chi connectivity index (χ0) is 15.9. The fourth-order valence-corrected chi connectivity index (χ4v) is 2.26. The summed E-state index contributed by atoms with van der Waals surface area (Å²) in [5.74, 6) is 0.728. The van der Waals surface area contributed by atoms with Gasteiger partial charge in [0.25, 0.3) is 0 Å². The van der Waals surface area contributed by atoms with Gasteiger partial charge in [-0.15, -0.1) is 0 Å². The third-order valence-corrected chi connectivity index (χ3v) is 3.49. The van der Waals surface area contributed by atoms with Gasteiger partial charge in [-0.05, 0) is 32.0 Å². The molecule has 2 aromatic rings. The lowest BCUT2D eigenvalue weighted by atomic mass is 10.2. The van der Waals surface area contributed by atoms with E-state index in [-0.39, 0.29) is 5.43 Å². The summed E-state index contributed by atoms with van der Waals surface area (Å²) in [6.07, 6.45) is 2.21. The SMILES string of the molecule is CCCCNCc1nn(-c2ccccc2OC)c(C)cc1=O. The predicted molar refractivity (Wildman–Crippen MR) is 87.7 cm³/mol. The molecular weight excluding hydrogens is 278 g/mol. The molecule has 0 spiro atoms. The molecule has 22 heavy (non-hydrogen) atoms. The van der Waals surface area contributed by atoms with Gasteiger partial charge in [-0.1, -0.05) is 25.5 Å². The maximum absolute atomic E-state index is 12.1. The van der Waals surface area contributed by atoms with Crippen molar-refractivity contribution in [1.82, 2.24) is 15.1 Å². The molecule has 1 aromatic heterocycles. The minimum atomic E-state index is -0.0346. The molecular formula is C17H23N3O2. The number of ether oxygens (including phenoxy) is 1. The number of para-hydroxylation sites is 2. The molecule has 1 heterocycles. The van der Waals surface area contributed by atoms with Gasteiger partial charge in [-0.2, -0.15) is 5.10 Å². The smallest absolute Gasteiger partial charge is 0.204 e. The van der Waals surface area contributed by atoms with Crippen LogP contribution in [0.4, 0.5) is 0 Å². The summed E-state index contributed by atoms with van der Waals surface area (Å²) in [6.45, 7) is 5.38. The van der Waals surface area contributed by atoms with Crippen molar-refractivity contribution in [3.63, 3.8) is 0 Å². The normalized spacial score (nSPS) is 10.7. The summed E-state index contributed by atoms with van der Waals surface area (Å²) in [6, 6.07) is 9.27. The average Bonchev–Trinajstić information content (AvgIpc) is 2.53. The van der Waals surface area contributed by atoms with E-state index in [0.29, 0.717) is 12.2 Å². The Hall–Kier alpha value is -2.14. The number of nitrogens with zero attached hydrogens (tertiary/aromatic N) is 2. The fraction of sp³-hybridized carbons (Fsp3) is 0.412. The molecule has 0 fully saturated rings. The zero-order valence-electron chi connectivity index (χ0n) is 13.4. The Labute approximate surface area is 130 Å². The maximum Gasteiger partial charge on any atom is 0.204 e. The van der Waals surface area contributed by atoms with Crippen LogP contribution in [0.3, 0.4) is 0 Å². The summed E-state index contributed by atoms with van der Waals surface area (Å²) in [7, 11) is 1.63. The van der Waals surface area contributed by atoms with Crippen molar-refractivity contribution in [1.29, 1.82) is 0 Å². The number of methoxy groups -OCH3 is 1. The molecule has 0 aliphatic heterocycles. The number of rotatable bonds is 7. The maximum atomic E-state index is 12.1. The van der Waals surface area contributed by atoms with Crippen LogP contribution in [0.5, 0.6) is 5.75 Å². The second-order valence-electron chi connectivity index (χ2n) is 5.21. The molecule has 0 unspecified atom stereocenters. The molecule has 2 rings (SSSR count). The van der Waals surface area contributed by atoms with Crippen LogP contribution in [0.2, 0.25) is 0 Å². The highest BCUT2D eigenvalue weighted by molar-refractivity contribution is 5.46. The second-order valence-corrected chi connectivity index (χ2v) is 5.21. The number of unbranched alkanes of at least 4 members (excludes halogenated alkanes) is 1. The van der Waals surface area contributed by atoms with E-state index < -0.39 is 0 Å².